The molecule has 5 nitrogen and oxygen atoms in total. The third-order valence-corrected chi connectivity index (χ3v) is 2.91. The molecule has 0 bridgehead atoms. The van der Waals surface area contributed by atoms with Gasteiger partial charge in [0.05, 0.1) is 6.54 Å². The maximum absolute atomic E-state index is 11.5. The summed E-state index contributed by atoms with van der Waals surface area (Å²) in [4.78, 5) is 22.1. The molecule has 0 aliphatic heterocycles. The highest BCUT2D eigenvalue weighted by atomic mass is 16.4. The van der Waals surface area contributed by atoms with Gasteiger partial charge in [-0.1, -0.05) is 37.3 Å². The minimum Gasteiger partial charge on any atom is -0.480 e. The number of amides is 1. The number of carboxylic acid groups (broad SMARTS) is 1. The number of nitrogens with one attached hydrogen (secondary N) is 2. The van der Waals surface area contributed by atoms with Crippen LogP contribution in [0.4, 0.5) is 0 Å². The summed E-state index contributed by atoms with van der Waals surface area (Å²) in [5.74, 6) is -0.941. The molecule has 0 saturated carbocycles. The van der Waals surface area contributed by atoms with Crippen molar-refractivity contribution < 1.29 is 14.7 Å². The Labute approximate surface area is 113 Å². The Kier molecular flexibility index (Phi) is 6.02. The van der Waals surface area contributed by atoms with Crippen LogP contribution in [0.2, 0.25) is 0 Å². The van der Waals surface area contributed by atoms with Gasteiger partial charge in [-0.05, 0) is 18.4 Å². The van der Waals surface area contributed by atoms with E-state index in [-0.39, 0.29) is 18.4 Å². The summed E-state index contributed by atoms with van der Waals surface area (Å²) in [7, 11) is 0. The molecule has 5 heteroatoms. The van der Waals surface area contributed by atoms with Crippen molar-refractivity contribution in [1.29, 1.82) is 0 Å². The molecule has 0 aliphatic rings. The van der Waals surface area contributed by atoms with Crippen LogP contribution in [0, 0.1) is 0 Å². The second-order valence-electron chi connectivity index (χ2n) is 4.56. The normalized spacial score (nSPS) is 13.6. The van der Waals surface area contributed by atoms with Crippen LogP contribution >= 0.6 is 0 Å². The fourth-order valence-electron chi connectivity index (χ4n) is 1.56. The van der Waals surface area contributed by atoms with E-state index in [1.165, 1.54) is 6.92 Å². The first-order valence-electron chi connectivity index (χ1n) is 6.28. The summed E-state index contributed by atoms with van der Waals surface area (Å²) >= 11 is 0. The summed E-state index contributed by atoms with van der Waals surface area (Å²) in [5, 5.41) is 14.1. The van der Waals surface area contributed by atoms with Crippen LogP contribution in [0.25, 0.3) is 0 Å². The highest BCUT2D eigenvalue weighted by Crippen LogP contribution is 2.12. The molecule has 1 aromatic carbocycles. The SMILES string of the molecule is CC(NCC(=O)NCC(C)c1ccccc1)C(=O)O. The minimum absolute atomic E-state index is 0.00891. The fourth-order valence-corrected chi connectivity index (χ4v) is 1.56. The van der Waals surface area contributed by atoms with E-state index >= 15 is 0 Å². The molecule has 0 saturated heterocycles. The average Bonchev–Trinajstić information content (AvgIpc) is 2.42. The standard InChI is InChI=1S/C14H20N2O3/c1-10(12-6-4-3-5-7-12)8-16-13(17)9-15-11(2)14(18)19/h3-7,10-11,15H,8-9H2,1-2H3,(H,16,17)(H,18,19). The molecule has 0 radical (unpaired) electrons. The first-order chi connectivity index (χ1) is 9.00. The Balaban J connectivity index is 2.29. The van der Waals surface area contributed by atoms with Gasteiger partial charge in [0.15, 0.2) is 0 Å². The lowest BCUT2D eigenvalue weighted by atomic mass is 10.0. The van der Waals surface area contributed by atoms with Crippen LogP contribution in [0.3, 0.4) is 0 Å². The van der Waals surface area contributed by atoms with E-state index in [0.29, 0.717) is 6.54 Å². The monoisotopic (exact) mass is 264 g/mol. The Morgan fingerprint density at radius 2 is 1.84 bits per heavy atom. The van der Waals surface area contributed by atoms with Crippen LogP contribution in [0.5, 0.6) is 0 Å². The highest BCUT2D eigenvalue weighted by Gasteiger charge is 2.12. The summed E-state index contributed by atoms with van der Waals surface area (Å²) in [6.45, 7) is 4.08. The van der Waals surface area contributed by atoms with Crippen LogP contribution in [-0.4, -0.2) is 36.1 Å². The molecule has 0 fully saturated rings. The van der Waals surface area contributed by atoms with E-state index < -0.39 is 12.0 Å². The zero-order valence-electron chi connectivity index (χ0n) is 11.2. The number of carbonyl (C=O) groups excluding carboxylic acids is 1. The maximum Gasteiger partial charge on any atom is 0.320 e. The first-order valence-corrected chi connectivity index (χ1v) is 6.28. The molecule has 0 aliphatic carbocycles. The molecule has 0 heterocycles. The third-order valence-electron chi connectivity index (χ3n) is 2.91. The van der Waals surface area contributed by atoms with Crippen molar-refractivity contribution in [3.63, 3.8) is 0 Å². The molecule has 3 N–H and O–H groups in total. The molecule has 0 spiro atoms. The lowest BCUT2D eigenvalue weighted by molar-refractivity contribution is -0.139. The zero-order valence-corrected chi connectivity index (χ0v) is 11.2. The van der Waals surface area contributed by atoms with Crippen molar-refractivity contribution in [1.82, 2.24) is 10.6 Å². The van der Waals surface area contributed by atoms with Gasteiger partial charge in [-0.15, -0.1) is 0 Å². The molecule has 1 aromatic rings. The maximum atomic E-state index is 11.5. The van der Waals surface area contributed by atoms with Crippen LogP contribution in [0.1, 0.15) is 25.3 Å². The Morgan fingerprint density at radius 1 is 1.21 bits per heavy atom. The quantitative estimate of drug-likeness (QED) is 0.685. The van der Waals surface area contributed by atoms with E-state index in [9.17, 15) is 9.59 Å². The minimum atomic E-state index is -0.967. The molecule has 1 rings (SSSR count). The van der Waals surface area contributed by atoms with Crippen molar-refractivity contribution >= 4 is 11.9 Å². The van der Waals surface area contributed by atoms with Gasteiger partial charge in [-0.25, -0.2) is 0 Å². The Morgan fingerprint density at radius 3 is 2.42 bits per heavy atom. The van der Waals surface area contributed by atoms with Gasteiger partial charge >= 0.3 is 5.97 Å². The van der Waals surface area contributed by atoms with Crippen LogP contribution in [0.15, 0.2) is 30.3 Å². The van der Waals surface area contributed by atoms with Crippen molar-refractivity contribution in [2.45, 2.75) is 25.8 Å². The lowest BCUT2D eigenvalue weighted by Gasteiger charge is -2.14. The molecular formula is C14H20N2O3. The highest BCUT2D eigenvalue weighted by molar-refractivity contribution is 5.79. The molecule has 2 unspecified atom stereocenters. The Bertz CT molecular complexity index is 420. The topological polar surface area (TPSA) is 78.4 Å². The number of benzene rings is 1. The summed E-state index contributed by atoms with van der Waals surface area (Å²) in [6.07, 6.45) is 0. The van der Waals surface area contributed by atoms with Gasteiger partial charge in [0.25, 0.3) is 0 Å². The van der Waals surface area contributed by atoms with Gasteiger partial charge in [0.1, 0.15) is 6.04 Å². The molecular weight excluding hydrogens is 244 g/mol. The predicted molar refractivity (Wildman–Crippen MR) is 73.0 cm³/mol. The lowest BCUT2D eigenvalue weighted by Crippen LogP contribution is -2.42. The summed E-state index contributed by atoms with van der Waals surface area (Å²) in [5.41, 5.74) is 1.16. The van der Waals surface area contributed by atoms with Gasteiger partial charge in [0, 0.05) is 6.54 Å². The Hall–Kier alpha value is -1.88. The third kappa shape index (κ3) is 5.52. The summed E-state index contributed by atoms with van der Waals surface area (Å²) in [6, 6.07) is 9.18. The second-order valence-corrected chi connectivity index (χ2v) is 4.56. The average molecular weight is 264 g/mol. The van der Waals surface area contributed by atoms with Crippen molar-refractivity contribution in [2.75, 3.05) is 13.1 Å². The van der Waals surface area contributed by atoms with E-state index in [4.69, 9.17) is 5.11 Å². The van der Waals surface area contributed by atoms with Crippen LogP contribution < -0.4 is 10.6 Å². The number of hydrogen-bond donors (Lipinski definition) is 3. The number of rotatable bonds is 7. The van der Waals surface area contributed by atoms with Crippen molar-refractivity contribution in [3.8, 4) is 0 Å². The molecule has 19 heavy (non-hydrogen) atoms. The van der Waals surface area contributed by atoms with Gasteiger partial charge < -0.3 is 10.4 Å². The van der Waals surface area contributed by atoms with E-state index in [1.807, 2.05) is 37.3 Å². The van der Waals surface area contributed by atoms with Gasteiger partial charge in [-0.3, -0.25) is 14.9 Å². The molecule has 0 aromatic heterocycles. The number of aliphatic carboxylic acids is 1. The number of carboxylic acids is 1. The van der Waals surface area contributed by atoms with Gasteiger partial charge in [-0.2, -0.15) is 0 Å². The smallest absolute Gasteiger partial charge is 0.320 e. The second kappa shape index (κ2) is 7.53. The van der Waals surface area contributed by atoms with Gasteiger partial charge in [0.2, 0.25) is 5.91 Å². The molecule has 2 atom stereocenters. The van der Waals surface area contributed by atoms with Crippen LogP contribution in [-0.2, 0) is 9.59 Å². The predicted octanol–water partition coefficient (Wildman–Crippen LogP) is 0.969. The molecule has 104 valence electrons. The zero-order chi connectivity index (χ0) is 14.3. The van der Waals surface area contributed by atoms with Crippen molar-refractivity contribution in [2.24, 2.45) is 0 Å². The van der Waals surface area contributed by atoms with E-state index in [1.54, 1.807) is 0 Å². The summed E-state index contributed by atoms with van der Waals surface area (Å²) < 4.78 is 0. The molecule has 1 amide bonds. The number of hydrogen-bond acceptors (Lipinski definition) is 3. The largest absolute Gasteiger partial charge is 0.480 e. The van der Waals surface area contributed by atoms with E-state index in [0.717, 1.165) is 5.56 Å². The fraction of sp³-hybridized carbons (Fsp3) is 0.429. The van der Waals surface area contributed by atoms with Crippen molar-refractivity contribution in [3.05, 3.63) is 35.9 Å². The van der Waals surface area contributed by atoms with E-state index in [2.05, 4.69) is 10.6 Å². The number of carbonyl (C=O) groups is 2. The first kappa shape index (κ1) is 15.2.